The highest BCUT2D eigenvalue weighted by atomic mass is 16.3. The molecule has 2 atom stereocenters. The van der Waals surface area contributed by atoms with Crippen LogP contribution in [0.2, 0.25) is 0 Å². The van der Waals surface area contributed by atoms with E-state index in [1.807, 2.05) is 24.3 Å². The number of aliphatic hydroxyl groups is 1. The quantitative estimate of drug-likeness (QED) is 0.711. The second kappa shape index (κ2) is 7.66. The number of hydrogen-bond acceptors (Lipinski definition) is 3. The first-order chi connectivity index (χ1) is 11.6. The maximum absolute atomic E-state index is 12.1. The van der Waals surface area contributed by atoms with E-state index < -0.39 is 0 Å². The van der Waals surface area contributed by atoms with E-state index in [1.165, 1.54) is 0 Å². The number of aryl methyl sites for hydroxylation is 1. The third-order valence-electron chi connectivity index (χ3n) is 4.78. The van der Waals surface area contributed by atoms with Crippen molar-refractivity contribution in [2.45, 2.75) is 38.2 Å². The molecule has 3 rings (SSSR count). The van der Waals surface area contributed by atoms with Gasteiger partial charge in [0.1, 0.15) is 5.82 Å². The van der Waals surface area contributed by atoms with Gasteiger partial charge in [-0.3, -0.25) is 0 Å². The van der Waals surface area contributed by atoms with Crippen LogP contribution in [0, 0.1) is 5.92 Å². The van der Waals surface area contributed by atoms with E-state index >= 15 is 0 Å². The minimum Gasteiger partial charge on any atom is -0.393 e. The van der Waals surface area contributed by atoms with Gasteiger partial charge in [0.2, 0.25) is 0 Å². The standard InChI is InChI=1S/C18H26N4O2/c1-22(12-13-6-4-9-16(13)23)18(24)19-11-5-10-17-20-14-7-2-3-8-15(14)21-17/h2-3,7-8,13,16,23H,4-6,9-12H2,1H3,(H,19,24)(H,20,21)/t13-,16-/m1/s1. The Morgan fingerprint density at radius 2 is 2.25 bits per heavy atom. The number of nitrogens with zero attached hydrogens (tertiary/aromatic N) is 2. The van der Waals surface area contributed by atoms with Crippen molar-refractivity contribution >= 4 is 17.1 Å². The first kappa shape index (κ1) is 16.8. The molecule has 24 heavy (non-hydrogen) atoms. The predicted octanol–water partition coefficient (Wildman–Crippen LogP) is 2.30. The summed E-state index contributed by atoms with van der Waals surface area (Å²) in [6, 6.07) is 7.90. The van der Waals surface area contributed by atoms with Gasteiger partial charge in [0.05, 0.1) is 17.1 Å². The molecule has 1 saturated carbocycles. The van der Waals surface area contributed by atoms with E-state index in [0.29, 0.717) is 13.1 Å². The monoisotopic (exact) mass is 330 g/mol. The summed E-state index contributed by atoms with van der Waals surface area (Å²) in [5, 5.41) is 12.8. The van der Waals surface area contributed by atoms with Gasteiger partial charge >= 0.3 is 6.03 Å². The first-order valence-corrected chi connectivity index (χ1v) is 8.74. The van der Waals surface area contributed by atoms with E-state index in [9.17, 15) is 9.90 Å². The fourth-order valence-corrected chi connectivity index (χ4v) is 3.38. The molecule has 0 radical (unpaired) electrons. The van der Waals surface area contributed by atoms with Crippen LogP contribution in [0.5, 0.6) is 0 Å². The third-order valence-corrected chi connectivity index (χ3v) is 4.78. The fraction of sp³-hybridized carbons (Fsp3) is 0.556. The summed E-state index contributed by atoms with van der Waals surface area (Å²) in [5.41, 5.74) is 2.03. The lowest BCUT2D eigenvalue weighted by Gasteiger charge is -2.23. The summed E-state index contributed by atoms with van der Waals surface area (Å²) in [6.45, 7) is 1.24. The highest BCUT2D eigenvalue weighted by Crippen LogP contribution is 2.25. The van der Waals surface area contributed by atoms with Crippen molar-refractivity contribution in [2.24, 2.45) is 5.92 Å². The fourth-order valence-electron chi connectivity index (χ4n) is 3.38. The normalized spacial score (nSPS) is 20.4. The molecule has 130 valence electrons. The number of aliphatic hydroxyl groups excluding tert-OH is 1. The summed E-state index contributed by atoms with van der Waals surface area (Å²) in [7, 11) is 1.79. The van der Waals surface area contributed by atoms with Gasteiger partial charge in [-0.15, -0.1) is 0 Å². The zero-order valence-corrected chi connectivity index (χ0v) is 14.2. The molecule has 6 nitrogen and oxygen atoms in total. The Kier molecular flexibility index (Phi) is 5.35. The Morgan fingerprint density at radius 1 is 1.42 bits per heavy atom. The number of carbonyl (C=O) groups is 1. The van der Waals surface area contributed by atoms with E-state index in [1.54, 1.807) is 11.9 Å². The number of carbonyl (C=O) groups excluding carboxylic acids is 1. The predicted molar refractivity (Wildman–Crippen MR) is 93.8 cm³/mol. The molecular weight excluding hydrogens is 304 g/mol. The van der Waals surface area contributed by atoms with E-state index in [0.717, 1.165) is 49.0 Å². The number of amides is 2. The second-order valence-electron chi connectivity index (χ2n) is 6.67. The smallest absolute Gasteiger partial charge is 0.317 e. The van der Waals surface area contributed by atoms with Crippen molar-refractivity contribution in [3.63, 3.8) is 0 Å². The number of urea groups is 1. The highest BCUT2D eigenvalue weighted by Gasteiger charge is 2.27. The van der Waals surface area contributed by atoms with Crippen LogP contribution in [0.3, 0.4) is 0 Å². The van der Waals surface area contributed by atoms with Gasteiger partial charge in [0.15, 0.2) is 0 Å². The number of fused-ring (bicyclic) bond motifs is 1. The van der Waals surface area contributed by atoms with Gasteiger partial charge in [0, 0.05) is 32.5 Å². The van der Waals surface area contributed by atoms with Gasteiger partial charge in [-0.05, 0) is 31.4 Å². The minimum absolute atomic E-state index is 0.0706. The van der Waals surface area contributed by atoms with Gasteiger partial charge in [-0.25, -0.2) is 9.78 Å². The van der Waals surface area contributed by atoms with E-state index in [4.69, 9.17) is 0 Å². The summed E-state index contributed by atoms with van der Waals surface area (Å²) in [4.78, 5) is 21.6. The van der Waals surface area contributed by atoms with Crippen LogP contribution >= 0.6 is 0 Å². The topological polar surface area (TPSA) is 81.2 Å². The molecule has 1 aliphatic rings. The van der Waals surface area contributed by atoms with Crippen molar-refractivity contribution < 1.29 is 9.90 Å². The van der Waals surface area contributed by atoms with Crippen molar-refractivity contribution in [1.29, 1.82) is 0 Å². The summed E-state index contributed by atoms with van der Waals surface area (Å²) >= 11 is 0. The van der Waals surface area contributed by atoms with Gasteiger partial charge in [-0.2, -0.15) is 0 Å². The Bertz CT molecular complexity index is 651. The van der Waals surface area contributed by atoms with Gasteiger partial charge < -0.3 is 20.3 Å². The molecule has 1 aliphatic carbocycles. The summed E-state index contributed by atoms with van der Waals surface area (Å²) in [6.07, 6.45) is 4.31. The molecule has 1 fully saturated rings. The molecule has 3 N–H and O–H groups in total. The molecule has 2 aromatic rings. The van der Waals surface area contributed by atoms with Crippen molar-refractivity contribution in [2.75, 3.05) is 20.1 Å². The number of aromatic nitrogens is 2. The molecule has 0 aliphatic heterocycles. The highest BCUT2D eigenvalue weighted by molar-refractivity contribution is 5.75. The zero-order chi connectivity index (χ0) is 16.9. The van der Waals surface area contributed by atoms with Crippen LogP contribution in [0.25, 0.3) is 11.0 Å². The van der Waals surface area contributed by atoms with Crippen molar-refractivity contribution in [3.05, 3.63) is 30.1 Å². The van der Waals surface area contributed by atoms with E-state index in [-0.39, 0.29) is 18.1 Å². The lowest BCUT2D eigenvalue weighted by Crippen LogP contribution is -2.41. The average Bonchev–Trinajstić information content (AvgIpc) is 3.17. The van der Waals surface area contributed by atoms with Crippen molar-refractivity contribution in [3.8, 4) is 0 Å². The number of imidazole rings is 1. The lowest BCUT2D eigenvalue weighted by atomic mass is 10.1. The number of H-pyrrole nitrogens is 1. The van der Waals surface area contributed by atoms with Gasteiger partial charge in [-0.1, -0.05) is 18.6 Å². The molecule has 0 bridgehead atoms. The SMILES string of the molecule is CN(C[C@H]1CCC[C@H]1O)C(=O)NCCCc1nc2ccccc2[nH]1. The van der Waals surface area contributed by atoms with Crippen LogP contribution in [0.4, 0.5) is 4.79 Å². The van der Waals surface area contributed by atoms with E-state index in [2.05, 4.69) is 15.3 Å². The van der Waals surface area contributed by atoms with Crippen LogP contribution in [-0.2, 0) is 6.42 Å². The molecule has 0 saturated heterocycles. The number of hydrogen-bond donors (Lipinski definition) is 3. The lowest BCUT2D eigenvalue weighted by molar-refractivity contribution is 0.114. The van der Waals surface area contributed by atoms with Crippen LogP contribution < -0.4 is 5.32 Å². The number of benzene rings is 1. The Morgan fingerprint density at radius 3 is 3.00 bits per heavy atom. The second-order valence-corrected chi connectivity index (χ2v) is 6.67. The minimum atomic E-state index is -0.256. The molecule has 1 heterocycles. The first-order valence-electron chi connectivity index (χ1n) is 8.74. The van der Waals surface area contributed by atoms with Crippen LogP contribution in [0.1, 0.15) is 31.5 Å². The molecular formula is C18H26N4O2. The Hall–Kier alpha value is -2.08. The molecule has 1 aromatic carbocycles. The largest absolute Gasteiger partial charge is 0.393 e. The number of rotatable bonds is 6. The van der Waals surface area contributed by atoms with Crippen LogP contribution in [-0.4, -0.2) is 52.2 Å². The van der Waals surface area contributed by atoms with Crippen molar-refractivity contribution in [1.82, 2.24) is 20.2 Å². The number of aromatic amines is 1. The molecule has 6 heteroatoms. The zero-order valence-electron chi connectivity index (χ0n) is 14.2. The van der Waals surface area contributed by atoms with Gasteiger partial charge in [0.25, 0.3) is 0 Å². The Balaban J connectivity index is 1.38. The molecule has 2 amide bonds. The maximum atomic E-state index is 12.1. The summed E-state index contributed by atoms with van der Waals surface area (Å²) < 4.78 is 0. The Labute approximate surface area is 142 Å². The average molecular weight is 330 g/mol. The molecule has 0 spiro atoms. The summed E-state index contributed by atoms with van der Waals surface area (Å²) in [5.74, 6) is 1.17. The maximum Gasteiger partial charge on any atom is 0.317 e. The third kappa shape index (κ3) is 4.06. The molecule has 1 aromatic heterocycles. The number of para-hydroxylation sites is 2. The number of nitrogens with one attached hydrogen (secondary N) is 2. The van der Waals surface area contributed by atoms with Crippen LogP contribution in [0.15, 0.2) is 24.3 Å². The molecule has 0 unspecified atom stereocenters.